The molecule has 7 heteroatoms. The summed E-state index contributed by atoms with van der Waals surface area (Å²) < 4.78 is 1.85. The molecule has 4 rings (SSSR count). The number of nitrogens with zero attached hydrogens (tertiary/aromatic N) is 2. The predicted octanol–water partition coefficient (Wildman–Crippen LogP) is 2.95. The summed E-state index contributed by atoms with van der Waals surface area (Å²) in [6.45, 7) is 7.62. The van der Waals surface area contributed by atoms with Crippen molar-refractivity contribution in [1.29, 1.82) is 0 Å². The van der Waals surface area contributed by atoms with Crippen LogP contribution in [0.2, 0.25) is 0 Å². The summed E-state index contributed by atoms with van der Waals surface area (Å²) in [5.41, 5.74) is 2.85. The van der Waals surface area contributed by atoms with Crippen molar-refractivity contribution in [2.75, 3.05) is 18.4 Å². The van der Waals surface area contributed by atoms with Gasteiger partial charge in [-0.1, -0.05) is 37.6 Å². The van der Waals surface area contributed by atoms with E-state index < -0.39 is 6.04 Å². The molecule has 3 heterocycles. The molecule has 1 aromatic carbocycles. The van der Waals surface area contributed by atoms with Crippen LogP contribution in [0.3, 0.4) is 0 Å². The highest BCUT2D eigenvalue weighted by atomic mass is 16.2. The second-order valence-electron chi connectivity index (χ2n) is 9.13. The molecule has 3 amide bonds. The van der Waals surface area contributed by atoms with E-state index in [4.69, 9.17) is 0 Å². The molecular formula is C24H30N4O3. The van der Waals surface area contributed by atoms with Crippen molar-refractivity contribution in [3.05, 3.63) is 64.1 Å². The predicted molar refractivity (Wildman–Crippen MR) is 120 cm³/mol. The van der Waals surface area contributed by atoms with Gasteiger partial charge in [0.05, 0.1) is 0 Å². The summed E-state index contributed by atoms with van der Waals surface area (Å²) in [6.07, 6.45) is 0.981. The van der Waals surface area contributed by atoms with Crippen molar-refractivity contribution in [2.45, 2.75) is 45.7 Å². The molecule has 0 unspecified atom stereocenters. The van der Waals surface area contributed by atoms with E-state index in [1.165, 1.54) is 0 Å². The molecule has 1 aromatic heterocycles. The number of rotatable bonds is 4. The van der Waals surface area contributed by atoms with Gasteiger partial charge in [-0.15, -0.1) is 0 Å². The average molecular weight is 423 g/mol. The van der Waals surface area contributed by atoms with Crippen LogP contribution in [0.5, 0.6) is 0 Å². The number of pyridine rings is 1. The Morgan fingerprint density at radius 1 is 1.03 bits per heavy atom. The second kappa shape index (κ2) is 8.57. The first-order valence-electron chi connectivity index (χ1n) is 10.9. The zero-order valence-corrected chi connectivity index (χ0v) is 18.3. The zero-order valence-electron chi connectivity index (χ0n) is 18.3. The number of piperidine rings is 1. The van der Waals surface area contributed by atoms with E-state index in [9.17, 15) is 14.4 Å². The van der Waals surface area contributed by atoms with Crippen LogP contribution in [-0.2, 0) is 11.3 Å². The van der Waals surface area contributed by atoms with Gasteiger partial charge in [0.2, 0.25) is 5.91 Å². The molecule has 0 saturated carbocycles. The lowest BCUT2D eigenvalue weighted by Gasteiger charge is -2.43. The number of nitrogens with one attached hydrogen (secondary N) is 2. The van der Waals surface area contributed by atoms with Crippen molar-refractivity contribution in [2.24, 2.45) is 11.8 Å². The van der Waals surface area contributed by atoms with Gasteiger partial charge in [0, 0.05) is 43.0 Å². The molecule has 31 heavy (non-hydrogen) atoms. The lowest BCUT2D eigenvalue weighted by atomic mass is 9.83. The number of benzene rings is 1. The fraction of sp³-hybridized carbons (Fsp3) is 0.458. The van der Waals surface area contributed by atoms with Crippen LogP contribution in [0.25, 0.3) is 0 Å². The van der Waals surface area contributed by atoms with Crippen LogP contribution < -0.4 is 16.2 Å². The number of fused-ring (bicyclic) bond motifs is 4. The third-order valence-corrected chi connectivity index (χ3v) is 6.31. The fourth-order valence-electron chi connectivity index (χ4n) is 4.68. The summed E-state index contributed by atoms with van der Waals surface area (Å²) in [7, 11) is 0. The van der Waals surface area contributed by atoms with Gasteiger partial charge in [-0.25, -0.2) is 4.79 Å². The Bertz CT molecular complexity index is 1030. The number of carbonyl (C=O) groups is 2. The highest BCUT2D eigenvalue weighted by molar-refractivity contribution is 5.97. The van der Waals surface area contributed by atoms with Gasteiger partial charge in [0.15, 0.2) is 0 Å². The molecule has 0 radical (unpaired) electrons. The van der Waals surface area contributed by atoms with E-state index in [1.54, 1.807) is 17.0 Å². The van der Waals surface area contributed by atoms with E-state index in [-0.39, 0.29) is 35.3 Å². The molecular weight excluding hydrogens is 392 g/mol. The summed E-state index contributed by atoms with van der Waals surface area (Å²) in [5.74, 6) is 0.112. The number of likely N-dealkylation sites (tertiary alicyclic amines) is 1. The topological polar surface area (TPSA) is 83.4 Å². The SMILES string of the molecule is Cc1ccc(NC(=O)[C@@H](NC(=O)N2C[C@H]3C[C@@H](C2)c2cccc(=O)n2C3)C(C)C)cc1. The highest BCUT2D eigenvalue weighted by Crippen LogP contribution is 2.34. The normalized spacial score (nSPS) is 20.7. The standard InChI is InChI=1S/C24H30N4O3/c1-15(2)22(23(30)25-19-9-7-16(3)8-10-19)26-24(31)27-12-17-11-18(14-27)20-5-4-6-21(29)28(20)13-17/h4-10,15,17-18,22H,11-14H2,1-3H3,(H,25,30)(H,26,31)/t17-,18+,22+/m1/s1. The number of carbonyl (C=O) groups excluding carboxylic acids is 2. The molecule has 164 valence electrons. The Labute approximate surface area is 182 Å². The van der Waals surface area contributed by atoms with Gasteiger partial charge in [0.1, 0.15) is 6.04 Å². The average Bonchev–Trinajstić information content (AvgIpc) is 2.74. The molecule has 2 aromatic rings. The Hall–Kier alpha value is -3.09. The second-order valence-corrected chi connectivity index (χ2v) is 9.13. The molecule has 0 aliphatic carbocycles. The Kier molecular flexibility index (Phi) is 5.85. The van der Waals surface area contributed by atoms with Crippen molar-refractivity contribution in [3.8, 4) is 0 Å². The summed E-state index contributed by atoms with van der Waals surface area (Å²) >= 11 is 0. The smallest absolute Gasteiger partial charge is 0.318 e. The summed E-state index contributed by atoms with van der Waals surface area (Å²) in [5, 5.41) is 5.86. The first-order valence-corrected chi connectivity index (χ1v) is 10.9. The maximum Gasteiger partial charge on any atom is 0.318 e. The monoisotopic (exact) mass is 422 g/mol. The van der Waals surface area contributed by atoms with Gasteiger partial charge in [-0.05, 0) is 43.4 Å². The molecule has 1 fully saturated rings. The third kappa shape index (κ3) is 4.50. The molecule has 2 bridgehead atoms. The highest BCUT2D eigenvalue weighted by Gasteiger charge is 2.37. The van der Waals surface area contributed by atoms with E-state index in [0.717, 1.165) is 17.7 Å². The minimum Gasteiger partial charge on any atom is -0.326 e. The Balaban J connectivity index is 1.44. The van der Waals surface area contributed by atoms with Gasteiger partial charge < -0.3 is 20.1 Å². The molecule has 2 aliphatic heterocycles. The van der Waals surface area contributed by atoms with Gasteiger partial charge in [-0.3, -0.25) is 9.59 Å². The summed E-state index contributed by atoms with van der Waals surface area (Å²) in [6, 6.07) is 12.1. The molecule has 3 atom stereocenters. The maximum absolute atomic E-state index is 13.1. The van der Waals surface area contributed by atoms with Crippen molar-refractivity contribution in [3.63, 3.8) is 0 Å². The van der Waals surface area contributed by atoms with Crippen LogP contribution >= 0.6 is 0 Å². The number of urea groups is 1. The molecule has 7 nitrogen and oxygen atoms in total. The molecule has 0 spiro atoms. The van der Waals surface area contributed by atoms with Gasteiger partial charge in [0.25, 0.3) is 5.56 Å². The fourth-order valence-corrected chi connectivity index (χ4v) is 4.68. The van der Waals surface area contributed by atoms with E-state index in [0.29, 0.717) is 25.3 Å². The number of hydrogen-bond acceptors (Lipinski definition) is 3. The van der Waals surface area contributed by atoms with Crippen LogP contribution in [-0.4, -0.2) is 40.5 Å². The minimum atomic E-state index is -0.634. The molecule has 1 saturated heterocycles. The molecule has 2 aliphatic rings. The Morgan fingerprint density at radius 2 is 1.77 bits per heavy atom. The van der Waals surface area contributed by atoms with Gasteiger partial charge >= 0.3 is 6.03 Å². The van der Waals surface area contributed by atoms with E-state index >= 15 is 0 Å². The number of hydrogen-bond donors (Lipinski definition) is 2. The van der Waals surface area contributed by atoms with E-state index in [1.807, 2.05) is 55.7 Å². The minimum absolute atomic E-state index is 0.0257. The number of aromatic nitrogens is 1. The van der Waals surface area contributed by atoms with Crippen molar-refractivity contribution in [1.82, 2.24) is 14.8 Å². The van der Waals surface area contributed by atoms with Crippen LogP contribution in [0.15, 0.2) is 47.3 Å². The lowest BCUT2D eigenvalue weighted by Crippen LogP contribution is -2.56. The maximum atomic E-state index is 13.1. The van der Waals surface area contributed by atoms with Crippen LogP contribution in [0.4, 0.5) is 10.5 Å². The Morgan fingerprint density at radius 3 is 2.48 bits per heavy atom. The van der Waals surface area contributed by atoms with Crippen LogP contribution in [0, 0.1) is 18.8 Å². The van der Waals surface area contributed by atoms with Crippen molar-refractivity contribution < 1.29 is 9.59 Å². The third-order valence-electron chi connectivity index (χ3n) is 6.31. The van der Waals surface area contributed by atoms with E-state index in [2.05, 4.69) is 10.6 Å². The van der Waals surface area contributed by atoms with Crippen molar-refractivity contribution >= 4 is 17.6 Å². The number of aryl methyl sites for hydroxylation is 1. The summed E-state index contributed by atoms with van der Waals surface area (Å²) in [4.78, 5) is 40.0. The number of anilines is 1. The first-order chi connectivity index (χ1) is 14.8. The largest absolute Gasteiger partial charge is 0.326 e. The van der Waals surface area contributed by atoms with Crippen LogP contribution in [0.1, 0.15) is 37.4 Å². The van der Waals surface area contributed by atoms with Gasteiger partial charge in [-0.2, -0.15) is 0 Å². The first kappa shape index (κ1) is 21.2. The quantitative estimate of drug-likeness (QED) is 0.795. The zero-order chi connectivity index (χ0) is 22.1. The number of amides is 3. The molecule has 2 N–H and O–H groups in total. The lowest BCUT2D eigenvalue weighted by molar-refractivity contribution is -0.118.